The van der Waals surface area contributed by atoms with Gasteiger partial charge in [0, 0.05) is 25.2 Å². The summed E-state index contributed by atoms with van der Waals surface area (Å²) in [5, 5.41) is 11.6. The number of hydrogen-bond acceptors (Lipinski definition) is 5. The molecule has 6 nitrogen and oxygen atoms in total. The van der Waals surface area contributed by atoms with Crippen LogP contribution in [0.4, 0.5) is 0 Å². The van der Waals surface area contributed by atoms with E-state index >= 15 is 0 Å². The summed E-state index contributed by atoms with van der Waals surface area (Å²) in [5.41, 5.74) is 7.21. The van der Waals surface area contributed by atoms with E-state index in [9.17, 15) is 8.42 Å². The van der Waals surface area contributed by atoms with Crippen LogP contribution in [0.2, 0.25) is 0 Å². The van der Waals surface area contributed by atoms with E-state index in [1.807, 2.05) is 18.2 Å². The summed E-state index contributed by atoms with van der Waals surface area (Å²) in [6.07, 6.45) is 0. The predicted octanol–water partition coefficient (Wildman–Crippen LogP) is 0.0115. The predicted molar refractivity (Wildman–Crippen MR) is 72.9 cm³/mol. The van der Waals surface area contributed by atoms with E-state index in [0.717, 1.165) is 5.56 Å². The first-order valence-electron chi connectivity index (χ1n) is 6.00. The van der Waals surface area contributed by atoms with Gasteiger partial charge in [0.2, 0.25) is 0 Å². The molecule has 0 bridgehead atoms. The van der Waals surface area contributed by atoms with Gasteiger partial charge in [0.1, 0.15) is 0 Å². The van der Waals surface area contributed by atoms with Crippen LogP contribution < -0.4 is 5.73 Å². The molecule has 0 atom stereocenters. The smallest absolute Gasteiger partial charge is 0.170 e. The van der Waals surface area contributed by atoms with Crippen LogP contribution in [-0.4, -0.2) is 49.0 Å². The molecule has 7 heteroatoms. The van der Waals surface area contributed by atoms with Crippen molar-refractivity contribution in [1.29, 1.82) is 0 Å². The van der Waals surface area contributed by atoms with E-state index in [0.29, 0.717) is 25.2 Å². The molecule has 1 aliphatic rings. The van der Waals surface area contributed by atoms with Crippen LogP contribution in [0.3, 0.4) is 0 Å². The third-order valence-electron chi connectivity index (χ3n) is 3.17. The lowest BCUT2D eigenvalue weighted by molar-refractivity contribution is 0.287. The van der Waals surface area contributed by atoms with E-state index in [2.05, 4.69) is 10.1 Å². The van der Waals surface area contributed by atoms with E-state index in [4.69, 9.17) is 10.9 Å². The van der Waals surface area contributed by atoms with Crippen molar-refractivity contribution in [2.75, 3.05) is 24.6 Å². The maximum atomic E-state index is 11.3. The van der Waals surface area contributed by atoms with Crippen LogP contribution in [0, 0.1) is 0 Å². The lowest BCUT2D eigenvalue weighted by Gasteiger charge is -2.26. The Kier molecular flexibility index (Phi) is 4.06. The maximum absolute atomic E-state index is 11.3. The summed E-state index contributed by atoms with van der Waals surface area (Å²) in [6.45, 7) is 1.77. The second-order valence-electron chi connectivity index (χ2n) is 4.61. The van der Waals surface area contributed by atoms with Crippen LogP contribution in [0.15, 0.2) is 29.4 Å². The summed E-state index contributed by atoms with van der Waals surface area (Å²) < 4.78 is 22.7. The zero-order valence-corrected chi connectivity index (χ0v) is 11.3. The normalized spacial score (nSPS) is 20.3. The SMILES string of the molecule is N/C(=N\O)c1cccc(CN2CCS(=O)(=O)CC2)c1. The molecule has 0 radical (unpaired) electrons. The Hall–Kier alpha value is -1.60. The van der Waals surface area contributed by atoms with Crippen LogP contribution in [0.5, 0.6) is 0 Å². The van der Waals surface area contributed by atoms with Crippen molar-refractivity contribution < 1.29 is 13.6 Å². The monoisotopic (exact) mass is 283 g/mol. The third-order valence-corrected chi connectivity index (χ3v) is 4.78. The topological polar surface area (TPSA) is 96.0 Å². The van der Waals surface area contributed by atoms with Crippen molar-refractivity contribution in [2.45, 2.75) is 6.54 Å². The van der Waals surface area contributed by atoms with Gasteiger partial charge in [-0.25, -0.2) is 8.42 Å². The van der Waals surface area contributed by atoms with Crippen molar-refractivity contribution in [1.82, 2.24) is 4.90 Å². The highest BCUT2D eigenvalue weighted by atomic mass is 32.2. The van der Waals surface area contributed by atoms with E-state index < -0.39 is 9.84 Å². The second kappa shape index (κ2) is 5.58. The molecule has 1 saturated heterocycles. The van der Waals surface area contributed by atoms with E-state index in [1.54, 1.807) is 6.07 Å². The number of hydrogen-bond donors (Lipinski definition) is 2. The molecule has 0 saturated carbocycles. The number of nitrogens with two attached hydrogens (primary N) is 1. The van der Waals surface area contributed by atoms with Crippen LogP contribution in [0.25, 0.3) is 0 Å². The molecule has 1 heterocycles. The Balaban J connectivity index is 2.04. The summed E-state index contributed by atoms with van der Waals surface area (Å²) in [5.74, 6) is 0.503. The fraction of sp³-hybridized carbons (Fsp3) is 0.417. The maximum Gasteiger partial charge on any atom is 0.170 e. The van der Waals surface area contributed by atoms with Gasteiger partial charge in [0.05, 0.1) is 11.5 Å². The fourth-order valence-electron chi connectivity index (χ4n) is 2.05. The lowest BCUT2D eigenvalue weighted by atomic mass is 10.1. The quantitative estimate of drug-likeness (QED) is 0.352. The average Bonchev–Trinajstić information content (AvgIpc) is 2.41. The van der Waals surface area contributed by atoms with Crippen molar-refractivity contribution in [3.05, 3.63) is 35.4 Å². The van der Waals surface area contributed by atoms with Gasteiger partial charge < -0.3 is 10.9 Å². The van der Waals surface area contributed by atoms with Gasteiger partial charge in [-0.05, 0) is 11.6 Å². The Morgan fingerprint density at radius 1 is 1.37 bits per heavy atom. The first-order valence-corrected chi connectivity index (χ1v) is 7.82. The van der Waals surface area contributed by atoms with Gasteiger partial charge in [-0.1, -0.05) is 23.4 Å². The molecule has 0 aliphatic carbocycles. The molecular formula is C12H17N3O3S. The summed E-state index contributed by atoms with van der Waals surface area (Å²) >= 11 is 0. The van der Waals surface area contributed by atoms with Crippen LogP contribution in [0.1, 0.15) is 11.1 Å². The minimum absolute atomic E-state index is 0.0723. The number of oxime groups is 1. The number of nitrogens with zero attached hydrogens (tertiary/aromatic N) is 2. The molecule has 0 aromatic heterocycles. The van der Waals surface area contributed by atoms with E-state index in [-0.39, 0.29) is 17.3 Å². The number of benzene rings is 1. The molecule has 0 spiro atoms. The minimum atomic E-state index is -2.85. The van der Waals surface area contributed by atoms with Crippen LogP contribution >= 0.6 is 0 Å². The largest absolute Gasteiger partial charge is 0.409 e. The Bertz CT molecular complexity index is 570. The standard InChI is InChI=1S/C12H17N3O3S/c13-12(14-16)11-3-1-2-10(8-11)9-15-4-6-19(17,18)7-5-15/h1-3,8,16H,4-7,9H2,(H2,13,14). The minimum Gasteiger partial charge on any atom is -0.409 e. The Morgan fingerprint density at radius 3 is 2.68 bits per heavy atom. The highest BCUT2D eigenvalue weighted by Gasteiger charge is 2.21. The number of sulfone groups is 1. The molecule has 1 aromatic carbocycles. The molecule has 1 aliphatic heterocycles. The van der Waals surface area contributed by atoms with Crippen molar-refractivity contribution in [3.8, 4) is 0 Å². The lowest BCUT2D eigenvalue weighted by Crippen LogP contribution is -2.39. The van der Waals surface area contributed by atoms with Gasteiger partial charge >= 0.3 is 0 Å². The van der Waals surface area contributed by atoms with Gasteiger partial charge in [0.25, 0.3) is 0 Å². The first-order chi connectivity index (χ1) is 9.00. The summed E-state index contributed by atoms with van der Waals surface area (Å²) in [7, 11) is -2.85. The molecule has 0 amide bonds. The molecule has 0 unspecified atom stereocenters. The van der Waals surface area contributed by atoms with Gasteiger partial charge in [-0.3, -0.25) is 4.90 Å². The fourth-order valence-corrected chi connectivity index (χ4v) is 3.33. The zero-order valence-electron chi connectivity index (χ0n) is 10.5. The number of amidine groups is 1. The number of rotatable bonds is 3. The second-order valence-corrected chi connectivity index (χ2v) is 6.92. The summed E-state index contributed by atoms with van der Waals surface area (Å²) in [6, 6.07) is 7.39. The highest BCUT2D eigenvalue weighted by molar-refractivity contribution is 7.91. The third kappa shape index (κ3) is 3.68. The molecule has 2 rings (SSSR count). The van der Waals surface area contributed by atoms with Crippen LogP contribution in [-0.2, 0) is 16.4 Å². The first kappa shape index (κ1) is 13.8. The molecule has 19 heavy (non-hydrogen) atoms. The Labute approximate surface area is 112 Å². The molecular weight excluding hydrogens is 266 g/mol. The van der Waals surface area contributed by atoms with Crippen molar-refractivity contribution in [2.24, 2.45) is 10.9 Å². The summed E-state index contributed by atoms with van der Waals surface area (Å²) in [4.78, 5) is 2.09. The molecule has 104 valence electrons. The zero-order chi connectivity index (χ0) is 13.9. The highest BCUT2D eigenvalue weighted by Crippen LogP contribution is 2.11. The van der Waals surface area contributed by atoms with Crippen molar-refractivity contribution in [3.63, 3.8) is 0 Å². The van der Waals surface area contributed by atoms with Gasteiger partial charge in [0.15, 0.2) is 15.7 Å². The van der Waals surface area contributed by atoms with Crippen molar-refractivity contribution >= 4 is 15.7 Å². The average molecular weight is 283 g/mol. The Morgan fingerprint density at radius 2 is 2.05 bits per heavy atom. The van der Waals surface area contributed by atoms with Gasteiger partial charge in [-0.15, -0.1) is 0 Å². The van der Waals surface area contributed by atoms with E-state index in [1.165, 1.54) is 0 Å². The molecule has 1 aromatic rings. The van der Waals surface area contributed by atoms with Gasteiger partial charge in [-0.2, -0.15) is 0 Å². The molecule has 1 fully saturated rings. The molecule has 3 N–H and O–H groups in total.